The Bertz CT molecular complexity index is 1210. The molecule has 0 radical (unpaired) electrons. The number of aromatic nitrogens is 3. The molecule has 1 atom stereocenters. The highest BCUT2D eigenvalue weighted by molar-refractivity contribution is 5.57. The van der Waals surface area contributed by atoms with Gasteiger partial charge in [-0.05, 0) is 86.5 Å². The number of hydrogen-bond acceptors (Lipinski definition) is 5. The highest BCUT2D eigenvalue weighted by Gasteiger charge is 2.33. The van der Waals surface area contributed by atoms with Crippen LogP contribution in [0.3, 0.4) is 0 Å². The van der Waals surface area contributed by atoms with Crippen LogP contribution in [0.15, 0.2) is 72.6 Å². The maximum Gasteiger partial charge on any atom is 0.140 e. The van der Waals surface area contributed by atoms with E-state index in [9.17, 15) is 0 Å². The van der Waals surface area contributed by atoms with Gasteiger partial charge in [-0.25, -0.2) is 4.39 Å². The molecule has 2 aliphatic heterocycles. The van der Waals surface area contributed by atoms with Crippen molar-refractivity contribution < 1.29 is 4.39 Å². The molecular weight excluding hydrogens is 463 g/mol. The number of rotatable bonds is 8. The van der Waals surface area contributed by atoms with Gasteiger partial charge < -0.3 is 14.4 Å². The summed E-state index contributed by atoms with van der Waals surface area (Å²) in [6.45, 7) is 9.53. The van der Waals surface area contributed by atoms with Crippen molar-refractivity contribution in [2.45, 2.75) is 51.4 Å². The van der Waals surface area contributed by atoms with Crippen molar-refractivity contribution in [2.75, 3.05) is 31.6 Å². The number of benzene rings is 1. The number of anilines is 1. The van der Waals surface area contributed by atoms with Gasteiger partial charge >= 0.3 is 0 Å². The van der Waals surface area contributed by atoms with E-state index in [0.717, 1.165) is 42.2 Å². The smallest absolute Gasteiger partial charge is 0.140 e. The van der Waals surface area contributed by atoms with Crippen LogP contribution in [0.25, 0.3) is 0 Å². The number of likely N-dealkylation sites (tertiary alicyclic amines) is 1. The number of hydrogen-bond donors (Lipinski definition) is 0. The highest BCUT2D eigenvalue weighted by atomic mass is 19.1. The van der Waals surface area contributed by atoms with Gasteiger partial charge in [-0.1, -0.05) is 25.5 Å². The van der Waals surface area contributed by atoms with Crippen molar-refractivity contribution in [3.05, 3.63) is 89.8 Å². The third-order valence-corrected chi connectivity index (χ3v) is 8.07. The number of aryl methyl sites for hydroxylation is 1. The first-order chi connectivity index (χ1) is 17.9. The lowest BCUT2D eigenvalue weighted by molar-refractivity contribution is 0.247. The summed E-state index contributed by atoms with van der Waals surface area (Å²) in [6.07, 6.45) is 17.4. The minimum atomic E-state index is -0.253. The van der Waals surface area contributed by atoms with Gasteiger partial charge in [-0.3, -0.25) is 4.90 Å². The van der Waals surface area contributed by atoms with Crippen molar-refractivity contribution in [1.29, 1.82) is 0 Å². The molecule has 1 aliphatic carbocycles. The van der Waals surface area contributed by atoms with Gasteiger partial charge in [0.25, 0.3) is 0 Å². The van der Waals surface area contributed by atoms with E-state index in [0.29, 0.717) is 5.92 Å². The van der Waals surface area contributed by atoms with Gasteiger partial charge in [0.15, 0.2) is 0 Å². The molecule has 1 saturated heterocycles. The zero-order valence-corrected chi connectivity index (χ0v) is 22.4. The molecule has 1 aromatic carbocycles. The van der Waals surface area contributed by atoms with Gasteiger partial charge in [-0.2, -0.15) is 0 Å². The third-order valence-electron chi connectivity index (χ3n) is 8.07. The van der Waals surface area contributed by atoms with Gasteiger partial charge in [0.1, 0.15) is 18.0 Å². The zero-order valence-electron chi connectivity index (χ0n) is 22.4. The molecule has 196 valence electrons. The normalized spacial score (nSPS) is 20.9. The summed E-state index contributed by atoms with van der Waals surface area (Å²) in [5.41, 5.74) is 5.27. The molecule has 37 heavy (non-hydrogen) atoms. The zero-order chi connectivity index (χ0) is 25.9. The molecule has 0 spiro atoms. The van der Waals surface area contributed by atoms with E-state index in [4.69, 9.17) is 0 Å². The molecule has 0 amide bonds. The number of piperidine rings is 1. The van der Waals surface area contributed by atoms with Crippen LogP contribution in [0, 0.1) is 11.7 Å². The summed E-state index contributed by atoms with van der Waals surface area (Å²) >= 11 is 0. The monoisotopic (exact) mass is 502 g/mol. The van der Waals surface area contributed by atoms with Crippen molar-refractivity contribution in [1.82, 2.24) is 24.6 Å². The molecular formula is C30H39FN6. The topological polar surface area (TPSA) is 40.4 Å². The molecule has 6 nitrogen and oxygen atoms in total. The molecule has 7 heteroatoms. The van der Waals surface area contributed by atoms with Crippen molar-refractivity contribution in [3.8, 4) is 0 Å². The van der Waals surface area contributed by atoms with Crippen LogP contribution in [0.1, 0.15) is 62.8 Å². The average Bonchev–Trinajstić information content (AvgIpc) is 3.26. The Morgan fingerprint density at radius 3 is 2.54 bits per heavy atom. The fourth-order valence-corrected chi connectivity index (χ4v) is 5.91. The second-order valence-electron chi connectivity index (χ2n) is 10.8. The summed E-state index contributed by atoms with van der Waals surface area (Å²) in [6, 6.07) is 5.32. The van der Waals surface area contributed by atoms with E-state index in [1.54, 1.807) is 24.7 Å². The number of nitrogens with zero attached hydrogens (tertiary/aromatic N) is 6. The minimum absolute atomic E-state index is 0.0225. The highest BCUT2D eigenvalue weighted by Crippen LogP contribution is 2.43. The van der Waals surface area contributed by atoms with Crippen LogP contribution >= 0.6 is 0 Å². The lowest BCUT2D eigenvalue weighted by atomic mass is 9.72. The van der Waals surface area contributed by atoms with Crippen molar-refractivity contribution >= 4 is 5.69 Å². The Morgan fingerprint density at radius 2 is 1.92 bits per heavy atom. The molecule has 0 N–H and O–H groups in total. The van der Waals surface area contributed by atoms with Crippen LogP contribution < -0.4 is 4.90 Å². The third kappa shape index (κ3) is 5.57. The molecule has 3 aliphatic rings. The van der Waals surface area contributed by atoms with E-state index in [-0.39, 0.29) is 11.7 Å². The Hall–Kier alpha value is -3.19. The summed E-state index contributed by atoms with van der Waals surface area (Å²) in [4.78, 5) is 6.64. The summed E-state index contributed by atoms with van der Waals surface area (Å²) in [7, 11) is 4.04. The molecule has 2 aromatic rings. The lowest BCUT2D eigenvalue weighted by Crippen LogP contribution is -2.32. The second-order valence-corrected chi connectivity index (χ2v) is 10.8. The Balaban J connectivity index is 1.42. The second kappa shape index (κ2) is 11.1. The maximum absolute atomic E-state index is 15.1. The molecule has 2 fully saturated rings. The van der Waals surface area contributed by atoms with E-state index in [1.807, 2.05) is 22.7 Å². The molecule has 3 heterocycles. The molecule has 1 unspecified atom stereocenters. The summed E-state index contributed by atoms with van der Waals surface area (Å²) in [5, 5.41) is 8.51. The maximum atomic E-state index is 15.1. The van der Waals surface area contributed by atoms with E-state index < -0.39 is 0 Å². The first-order valence-electron chi connectivity index (χ1n) is 13.5. The van der Waals surface area contributed by atoms with Crippen LogP contribution in [-0.4, -0.2) is 51.2 Å². The minimum Gasteiger partial charge on any atom is -0.349 e. The summed E-state index contributed by atoms with van der Waals surface area (Å²) < 4.78 is 17.0. The largest absolute Gasteiger partial charge is 0.349 e. The van der Waals surface area contributed by atoms with E-state index in [2.05, 4.69) is 58.9 Å². The Kier molecular flexibility index (Phi) is 7.60. The molecule has 5 rings (SSSR count). The Labute approximate surface area is 220 Å². The fraction of sp³-hybridized carbons (Fsp3) is 0.467. The quantitative estimate of drug-likeness (QED) is 0.447. The van der Waals surface area contributed by atoms with Crippen LogP contribution in [0.2, 0.25) is 0 Å². The molecule has 1 saturated carbocycles. The van der Waals surface area contributed by atoms with E-state index in [1.165, 1.54) is 49.9 Å². The SMILES string of the molecule is C=CN(/C=C1/C(C)=CC(CN2CCCCC2)=CN1C)c1cc(F)cc(C(c2nncn2C)C2CCC2)c1. The van der Waals surface area contributed by atoms with Gasteiger partial charge in [0.05, 0.1) is 5.70 Å². The molecule has 0 bridgehead atoms. The van der Waals surface area contributed by atoms with Gasteiger partial charge in [-0.15, -0.1) is 10.2 Å². The fourth-order valence-electron chi connectivity index (χ4n) is 5.91. The van der Waals surface area contributed by atoms with Crippen molar-refractivity contribution in [3.63, 3.8) is 0 Å². The molecule has 1 aromatic heterocycles. The van der Waals surface area contributed by atoms with Crippen molar-refractivity contribution in [2.24, 2.45) is 13.0 Å². The summed E-state index contributed by atoms with van der Waals surface area (Å²) in [5.74, 6) is 1.11. The first kappa shape index (κ1) is 25.5. The average molecular weight is 503 g/mol. The number of likely N-dealkylation sites (N-methyl/N-ethyl adjacent to an activating group) is 1. The first-order valence-corrected chi connectivity index (χ1v) is 13.5. The predicted octanol–water partition coefficient (Wildman–Crippen LogP) is 5.94. The lowest BCUT2D eigenvalue weighted by Gasteiger charge is -2.34. The van der Waals surface area contributed by atoms with Gasteiger partial charge in [0.2, 0.25) is 0 Å². The number of halogens is 1. The van der Waals surface area contributed by atoms with Gasteiger partial charge in [0, 0.05) is 50.8 Å². The predicted molar refractivity (Wildman–Crippen MR) is 147 cm³/mol. The van der Waals surface area contributed by atoms with Crippen LogP contribution in [0.4, 0.5) is 10.1 Å². The Morgan fingerprint density at radius 1 is 1.14 bits per heavy atom. The van der Waals surface area contributed by atoms with E-state index >= 15 is 4.39 Å². The van der Waals surface area contributed by atoms with Crippen LogP contribution in [-0.2, 0) is 7.05 Å². The number of allylic oxidation sites excluding steroid dienone is 1. The van der Waals surface area contributed by atoms with Crippen LogP contribution in [0.5, 0.6) is 0 Å². The standard InChI is InChI=1S/C30H39FN6/c1-5-37(20-28-22(2)14-23(18-34(28)3)19-36-12-7-6-8-13-36)27-16-25(15-26(31)17-27)29(24-10-9-11-24)30-33-32-21-35(30)4/h5,14-18,20-21,24,29H,1,6-13,19H2,2-4H3/b28-20-.